The van der Waals surface area contributed by atoms with Gasteiger partial charge in [0.15, 0.2) is 0 Å². The van der Waals surface area contributed by atoms with Gasteiger partial charge in [0, 0.05) is 12.6 Å². The molecule has 0 atom stereocenters. The third-order valence-electron chi connectivity index (χ3n) is 2.40. The van der Waals surface area contributed by atoms with E-state index >= 15 is 0 Å². The summed E-state index contributed by atoms with van der Waals surface area (Å²) in [6, 6.07) is 9.31. The Morgan fingerprint density at radius 2 is 1.93 bits per heavy atom. The second-order valence-corrected chi connectivity index (χ2v) is 4.00. The van der Waals surface area contributed by atoms with Crippen molar-refractivity contribution in [1.82, 2.24) is 4.90 Å². The minimum atomic E-state index is 0.612. The second kappa shape index (κ2) is 7.18. The zero-order valence-corrected chi connectivity index (χ0v) is 10.2. The van der Waals surface area contributed by atoms with E-state index in [1.807, 2.05) is 6.79 Å². The summed E-state index contributed by atoms with van der Waals surface area (Å²) in [4.78, 5) is 10.3. The van der Waals surface area contributed by atoms with Crippen LogP contribution in [0.1, 0.15) is 25.0 Å². The van der Waals surface area contributed by atoms with Gasteiger partial charge >= 0.3 is 0 Å². The number of carbonyl (C=O) groups is 1. The van der Waals surface area contributed by atoms with Gasteiger partial charge in [-0.05, 0) is 33.4 Å². The summed E-state index contributed by atoms with van der Waals surface area (Å²) in [5.74, 6) is 0. The molecule has 0 aliphatic rings. The molecule has 0 saturated heterocycles. The highest BCUT2D eigenvalue weighted by Gasteiger charge is 2.03. The molecular formula is C13H21NO. The van der Waals surface area contributed by atoms with E-state index in [-0.39, 0.29) is 0 Å². The summed E-state index contributed by atoms with van der Waals surface area (Å²) < 4.78 is 0. The molecule has 0 aliphatic carbocycles. The van der Waals surface area contributed by atoms with Gasteiger partial charge in [0.05, 0.1) is 0 Å². The van der Waals surface area contributed by atoms with Crippen molar-refractivity contribution in [1.29, 1.82) is 0 Å². The molecule has 1 rings (SSSR count). The van der Waals surface area contributed by atoms with Crippen LogP contribution >= 0.6 is 0 Å². The van der Waals surface area contributed by atoms with Gasteiger partial charge in [-0.2, -0.15) is 0 Å². The monoisotopic (exact) mass is 207 g/mol. The van der Waals surface area contributed by atoms with Crippen molar-refractivity contribution in [2.24, 2.45) is 0 Å². The predicted molar refractivity (Wildman–Crippen MR) is 64.9 cm³/mol. The van der Waals surface area contributed by atoms with Gasteiger partial charge in [-0.15, -0.1) is 0 Å². The van der Waals surface area contributed by atoms with E-state index in [9.17, 15) is 0 Å². The maximum absolute atomic E-state index is 8.00. The third-order valence-corrected chi connectivity index (χ3v) is 2.40. The van der Waals surface area contributed by atoms with Crippen molar-refractivity contribution in [2.75, 3.05) is 7.05 Å². The lowest BCUT2D eigenvalue weighted by molar-refractivity contribution is -0.0979. The van der Waals surface area contributed by atoms with Crippen LogP contribution in [0, 0.1) is 6.92 Å². The van der Waals surface area contributed by atoms with E-state index in [2.05, 4.69) is 57.0 Å². The molecule has 84 valence electrons. The van der Waals surface area contributed by atoms with Gasteiger partial charge in [0.25, 0.3) is 0 Å². The van der Waals surface area contributed by atoms with Crippen LogP contribution in [-0.2, 0) is 11.3 Å². The van der Waals surface area contributed by atoms with E-state index in [1.165, 1.54) is 11.1 Å². The SMILES string of the molecule is C=O.Cc1cccc(CN(C)C(C)C)c1. The summed E-state index contributed by atoms with van der Waals surface area (Å²) in [6.45, 7) is 9.61. The molecule has 0 amide bonds. The molecule has 0 spiro atoms. The van der Waals surface area contributed by atoms with Crippen molar-refractivity contribution in [2.45, 2.75) is 33.4 Å². The van der Waals surface area contributed by atoms with Crippen molar-refractivity contribution in [3.8, 4) is 0 Å². The highest BCUT2D eigenvalue weighted by Crippen LogP contribution is 2.08. The molecule has 15 heavy (non-hydrogen) atoms. The van der Waals surface area contributed by atoms with Crippen LogP contribution in [0.15, 0.2) is 24.3 Å². The molecular weight excluding hydrogens is 186 g/mol. The molecule has 2 heteroatoms. The van der Waals surface area contributed by atoms with E-state index in [1.54, 1.807) is 0 Å². The van der Waals surface area contributed by atoms with E-state index in [0.29, 0.717) is 6.04 Å². The molecule has 0 radical (unpaired) electrons. The first kappa shape index (κ1) is 13.8. The molecule has 0 unspecified atom stereocenters. The molecule has 0 fully saturated rings. The van der Waals surface area contributed by atoms with Gasteiger partial charge in [-0.1, -0.05) is 29.8 Å². The quantitative estimate of drug-likeness (QED) is 0.759. The van der Waals surface area contributed by atoms with Crippen molar-refractivity contribution >= 4 is 6.79 Å². The Labute approximate surface area is 92.9 Å². The topological polar surface area (TPSA) is 20.3 Å². The predicted octanol–water partition coefficient (Wildman–Crippen LogP) is 2.65. The van der Waals surface area contributed by atoms with Gasteiger partial charge in [-0.25, -0.2) is 0 Å². The Morgan fingerprint density at radius 3 is 2.40 bits per heavy atom. The van der Waals surface area contributed by atoms with Crippen LogP contribution < -0.4 is 0 Å². The molecule has 0 heterocycles. The van der Waals surface area contributed by atoms with Crippen LogP contribution in [0.3, 0.4) is 0 Å². The summed E-state index contributed by atoms with van der Waals surface area (Å²) in [7, 11) is 2.16. The molecule has 1 aromatic carbocycles. The van der Waals surface area contributed by atoms with E-state index in [4.69, 9.17) is 4.79 Å². The number of carbonyl (C=O) groups excluding carboxylic acids is 1. The Morgan fingerprint density at radius 1 is 1.33 bits per heavy atom. The van der Waals surface area contributed by atoms with Gasteiger partial charge in [0.2, 0.25) is 0 Å². The lowest BCUT2D eigenvalue weighted by Crippen LogP contribution is -2.25. The average Bonchev–Trinajstić information content (AvgIpc) is 2.20. The van der Waals surface area contributed by atoms with E-state index < -0.39 is 0 Å². The number of aryl methyl sites for hydroxylation is 1. The van der Waals surface area contributed by atoms with E-state index in [0.717, 1.165) is 6.54 Å². The molecule has 0 aromatic heterocycles. The fraction of sp³-hybridized carbons (Fsp3) is 0.462. The molecule has 0 bridgehead atoms. The number of hydrogen-bond donors (Lipinski definition) is 0. The zero-order valence-electron chi connectivity index (χ0n) is 10.2. The maximum Gasteiger partial charge on any atom is 0.106 e. The molecule has 0 aliphatic heterocycles. The number of nitrogens with zero attached hydrogens (tertiary/aromatic N) is 1. The van der Waals surface area contributed by atoms with Gasteiger partial charge in [0.1, 0.15) is 6.79 Å². The largest absolute Gasteiger partial charge is 0.307 e. The highest BCUT2D eigenvalue weighted by atomic mass is 16.1. The van der Waals surface area contributed by atoms with Crippen LogP contribution in [0.5, 0.6) is 0 Å². The Hall–Kier alpha value is -1.15. The van der Waals surface area contributed by atoms with Crippen molar-refractivity contribution in [3.63, 3.8) is 0 Å². The zero-order chi connectivity index (χ0) is 11.8. The fourth-order valence-electron chi connectivity index (χ4n) is 1.28. The first-order valence-electron chi connectivity index (χ1n) is 5.14. The van der Waals surface area contributed by atoms with Crippen molar-refractivity contribution < 1.29 is 4.79 Å². The Balaban J connectivity index is 0.000000921. The minimum absolute atomic E-state index is 0.612. The number of benzene rings is 1. The van der Waals surface area contributed by atoms with Crippen LogP contribution in [0.25, 0.3) is 0 Å². The second-order valence-electron chi connectivity index (χ2n) is 4.00. The number of hydrogen-bond acceptors (Lipinski definition) is 2. The summed E-state index contributed by atoms with van der Waals surface area (Å²) >= 11 is 0. The first-order valence-corrected chi connectivity index (χ1v) is 5.14. The third kappa shape index (κ3) is 5.33. The standard InChI is InChI=1S/C12H19N.CH2O/c1-10(2)13(4)9-12-7-5-6-11(3)8-12;1-2/h5-8,10H,9H2,1-4H3;1H2. The Kier molecular flexibility index (Phi) is 6.63. The van der Waals surface area contributed by atoms with Crippen LogP contribution in [0.4, 0.5) is 0 Å². The highest BCUT2D eigenvalue weighted by molar-refractivity contribution is 5.22. The first-order chi connectivity index (χ1) is 7.09. The Bertz CT molecular complexity index is 284. The summed E-state index contributed by atoms with van der Waals surface area (Å²) in [5.41, 5.74) is 2.74. The van der Waals surface area contributed by atoms with Crippen molar-refractivity contribution in [3.05, 3.63) is 35.4 Å². The summed E-state index contributed by atoms with van der Waals surface area (Å²) in [6.07, 6.45) is 0. The maximum atomic E-state index is 8.00. The minimum Gasteiger partial charge on any atom is -0.307 e. The van der Waals surface area contributed by atoms with Gasteiger partial charge in [-0.3, -0.25) is 4.90 Å². The molecule has 0 saturated carbocycles. The lowest BCUT2D eigenvalue weighted by Gasteiger charge is -2.21. The van der Waals surface area contributed by atoms with Crippen LogP contribution in [-0.4, -0.2) is 24.8 Å². The normalized spacial score (nSPS) is 10.0. The fourth-order valence-corrected chi connectivity index (χ4v) is 1.28. The average molecular weight is 207 g/mol. The van der Waals surface area contributed by atoms with Crippen LogP contribution in [0.2, 0.25) is 0 Å². The number of rotatable bonds is 3. The summed E-state index contributed by atoms with van der Waals surface area (Å²) in [5, 5.41) is 0. The van der Waals surface area contributed by atoms with Gasteiger partial charge < -0.3 is 4.79 Å². The smallest absolute Gasteiger partial charge is 0.106 e. The molecule has 2 nitrogen and oxygen atoms in total. The molecule has 0 N–H and O–H groups in total. The molecule has 1 aromatic rings. The lowest BCUT2D eigenvalue weighted by atomic mass is 10.1.